The summed E-state index contributed by atoms with van der Waals surface area (Å²) in [6, 6.07) is 7.63. The molecule has 1 aromatic rings. The van der Waals surface area contributed by atoms with Crippen molar-refractivity contribution in [1.29, 1.82) is 5.26 Å². The van der Waals surface area contributed by atoms with Crippen LogP contribution >= 0.6 is 0 Å². The summed E-state index contributed by atoms with van der Waals surface area (Å²) in [5, 5.41) is 11.4. The van der Waals surface area contributed by atoms with E-state index < -0.39 is 11.6 Å². The number of fused-ring (bicyclic) bond motifs is 1. The van der Waals surface area contributed by atoms with Crippen LogP contribution in [0.1, 0.15) is 42.9 Å². The molecule has 3 rings (SSSR count). The van der Waals surface area contributed by atoms with Crippen molar-refractivity contribution >= 4 is 11.9 Å². The van der Waals surface area contributed by atoms with E-state index >= 15 is 0 Å². The Morgan fingerprint density at radius 3 is 2.73 bits per heavy atom. The van der Waals surface area contributed by atoms with Gasteiger partial charge in [-0.1, -0.05) is 18.2 Å². The first-order chi connectivity index (χ1) is 10.6. The van der Waals surface area contributed by atoms with E-state index in [2.05, 4.69) is 17.4 Å². The van der Waals surface area contributed by atoms with Gasteiger partial charge in [-0.25, -0.2) is 4.79 Å². The molecule has 0 aromatic heterocycles. The highest BCUT2D eigenvalue weighted by atomic mass is 16.2. The number of nitrogens with one attached hydrogen (secondary N) is 1. The van der Waals surface area contributed by atoms with Crippen LogP contribution < -0.4 is 5.32 Å². The zero-order valence-electron chi connectivity index (χ0n) is 12.7. The minimum absolute atomic E-state index is 0.141. The third kappa shape index (κ3) is 2.25. The number of urea groups is 1. The monoisotopic (exact) mass is 297 g/mol. The largest absolute Gasteiger partial charge is 0.325 e. The van der Waals surface area contributed by atoms with Crippen molar-refractivity contribution in [2.45, 2.75) is 44.6 Å². The fraction of sp³-hybridized carbons (Fsp3) is 0.471. The molecule has 1 atom stereocenters. The molecule has 114 valence electrons. The molecule has 5 nitrogen and oxygen atoms in total. The van der Waals surface area contributed by atoms with E-state index in [0.717, 1.165) is 23.3 Å². The summed E-state index contributed by atoms with van der Waals surface area (Å²) in [5.74, 6) is -0.275. The molecule has 1 aromatic carbocycles. The molecule has 3 amide bonds. The number of amides is 3. The minimum Gasteiger partial charge on any atom is -0.319 e. The van der Waals surface area contributed by atoms with Crippen molar-refractivity contribution in [2.24, 2.45) is 0 Å². The highest BCUT2D eigenvalue weighted by molar-refractivity contribution is 6.07. The van der Waals surface area contributed by atoms with Gasteiger partial charge in [0.2, 0.25) is 0 Å². The maximum absolute atomic E-state index is 12.6. The number of hydrogen-bond acceptors (Lipinski definition) is 3. The lowest BCUT2D eigenvalue weighted by molar-refractivity contribution is -0.131. The molecule has 5 heteroatoms. The second kappa shape index (κ2) is 5.45. The third-order valence-corrected chi connectivity index (χ3v) is 4.65. The first-order valence-electron chi connectivity index (χ1n) is 7.69. The summed E-state index contributed by atoms with van der Waals surface area (Å²) in [4.78, 5) is 25.8. The van der Waals surface area contributed by atoms with Crippen LogP contribution in [0.25, 0.3) is 0 Å². The van der Waals surface area contributed by atoms with Gasteiger partial charge in [-0.05, 0) is 49.3 Å². The molecular formula is C17H19N3O2. The van der Waals surface area contributed by atoms with Crippen molar-refractivity contribution in [3.63, 3.8) is 0 Å². The second-order valence-corrected chi connectivity index (χ2v) is 6.11. The van der Waals surface area contributed by atoms with Gasteiger partial charge < -0.3 is 5.32 Å². The van der Waals surface area contributed by atoms with Crippen LogP contribution in [0.15, 0.2) is 18.2 Å². The Labute approximate surface area is 129 Å². The number of benzene rings is 1. The van der Waals surface area contributed by atoms with Gasteiger partial charge in [0, 0.05) is 6.54 Å². The Kier molecular flexibility index (Phi) is 3.61. The second-order valence-electron chi connectivity index (χ2n) is 6.11. The van der Waals surface area contributed by atoms with Crippen LogP contribution in [0.4, 0.5) is 4.79 Å². The topological polar surface area (TPSA) is 73.2 Å². The summed E-state index contributed by atoms with van der Waals surface area (Å²) in [5.41, 5.74) is 2.42. The number of nitriles is 1. The number of hydrogen-bond donors (Lipinski definition) is 1. The average molecular weight is 297 g/mol. The molecule has 1 fully saturated rings. The number of imide groups is 1. The lowest BCUT2D eigenvalue weighted by Crippen LogP contribution is -2.41. The molecule has 1 saturated heterocycles. The summed E-state index contributed by atoms with van der Waals surface area (Å²) >= 11 is 0. The van der Waals surface area contributed by atoms with Crippen LogP contribution in [0.3, 0.4) is 0 Å². The van der Waals surface area contributed by atoms with Crippen LogP contribution in [0, 0.1) is 11.3 Å². The predicted octanol–water partition coefficient (Wildman–Crippen LogP) is 2.25. The SMILES string of the molecule is CC1(c2ccc3c(c2)CCCC3)NC(=O)N(CCC#N)C1=O. The Hall–Kier alpha value is -2.35. The van der Waals surface area contributed by atoms with Crippen molar-refractivity contribution in [2.75, 3.05) is 6.54 Å². The normalized spacial score (nSPS) is 23.9. The van der Waals surface area contributed by atoms with Crippen LogP contribution in [-0.4, -0.2) is 23.4 Å². The van der Waals surface area contributed by atoms with Crippen LogP contribution in [0.5, 0.6) is 0 Å². The quantitative estimate of drug-likeness (QED) is 0.870. The van der Waals surface area contributed by atoms with E-state index in [1.807, 2.05) is 12.1 Å². The molecule has 1 aliphatic carbocycles. The van der Waals surface area contributed by atoms with E-state index in [4.69, 9.17) is 5.26 Å². The molecule has 1 unspecified atom stereocenters. The lowest BCUT2D eigenvalue weighted by Gasteiger charge is -2.25. The van der Waals surface area contributed by atoms with Crippen molar-refractivity contribution in [3.8, 4) is 6.07 Å². The zero-order valence-corrected chi connectivity index (χ0v) is 12.7. The molecule has 2 aliphatic rings. The Balaban J connectivity index is 1.92. The molecule has 1 heterocycles. The van der Waals surface area contributed by atoms with Gasteiger partial charge in [-0.3, -0.25) is 9.69 Å². The Morgan fingerprint density at radius 1 is 1.27 bits per heavy atom. The first kappa shape index (κ1) is 14.6. The number of carbonyl (C=O) groups excluding carboxylic acids is 2. The fourth-order valence-electron chi connectivity index (χ4n) is 3.30. The van der Waals surface area contributed by atoms with Crippen LogP contribution in [0.2, 0.25) is 0 Å². The average Bonchev–Trinajstić information content (AvgIpc) is 2.75. The highest BCUT2D eigenvalue weighted by Gasteiger charge is 2.48. The smallest absolute Gasteiger partial charge is 0.319 e. The molecule has 1 N–H and O–H groups in total. The number of aryl methyl sites for hydroxylation is 2. The van der Waals surface area contributed by atoms with Crippen molar-refractivity contribution in [1.82, 2.24) is 10.2 Å². The van der Waals surface area contributed by atoms with E-state index in [0.29, 0.717) is 0 Å². The maximum atomic E-state index is 12.6. The van der Waals surface area contributed by atoms with Gasteiger partial charge in [-0.15, -0.1) is 0 Å². The summed E-state index contributed by atoms with van der Waals surface area (Å²) in [7, 11) is 0. The number of rotatable bonds is 3. The van der Waals surface area contributed by atoms with Gasteiger partial charge in [0.25, 0.3) is 5.91 Å². The van der Waals surface area contributed by atoms with Gasteiger partial charge >= 0.3 is 6.03 Å². The molecule has 0 bridgehead atoms. The summed E-state index contributed by atoms with van der Waals surface area (Å²) in [6.45, 7) is 1.88. The lowest BCUT2D eigenvalue weighted by atomic mass is 9.85. The number of carbonyl (C=O) groups is 2. The highest BCUT2D eigenvalue weighted by Crippen LogP contribution is 2.32. The molecule has 22 heavy (non-hydrogen) atoms. The fourth-order valence-corrected chi connectivity index (χ4v) is 3.30. The van der Waals surface area contributed by atoms with E-state index in [-0.39, 0.29) is 18.9 Å². The van der Waals surface area contributed by atoms with E-state index in [1.165, 1.54) is 24.0 Å². The van der Waals surface area contributed by atoms with E-state index in [1.54, 1.807) is 6.92 Å². The van der Waals surface area contributed by atoms with Gasteiger partial charge in [-0.2, -0.15) is 5.26 Å². The Bertz CT molecular complexity index is 677. The predicted molar refractivity (Wildman–Crippen MR) is 80.9 cm³/mol. The molecule has 1 aliphatic heterocycles. The molecule has 0 spiro atoms. The van der Waals surface area contributed by atoms with Gasteiger partial charge in [0.05, 0.1) is 12.5 Å². The first-order valence-corrected chi connectivity index (χ1v) is 7.69. The standard InChI is InChI=1S/C17H19N3O2/c1-17(15(21)20(10-4-9-18)16(22)19-17)14-8-7-12-5-2-3-6-13(12)11-14/h7-8,11H,2-6,10H2,1H3,(H,19,22). The maximum Gasteiger partial charge on any atom is 0.325 e. The molecular weight excluding hydrogens is 278 g/mol. The third-order valence-electron chi connectivity index (χ3n) is 4.65. The molecule has 0 saturated carbocycles. The van der Waals surface area contributed by atoms with Crippen molar-refractivity contribution in [3.05, 3.63) is 34.9 Å². The summed E-state index contributed by atoms with van der Waals surface area (Å²) < 4.78 is 0. The summed E-state index contributed by atoms with van der Waals surface area (Å²) in [6.07, 6.45) is 4.64. The molecule has 0 radical (unpaired) electrons. The van der Waals surface area contributed by atoms with E-state index in [9.17, 15) is 9.59 Å². The Morgan fingerprint density at radius 2 is 2.00 bits per heavy atom. The minimum atomic E-state index is -1.03. The van der Waals surface area contributed by atoms with Crippen molar-refractivity contribution < 1.29 is 9.59 Å². The number of nitrogens with zero attached hydrogens (tertiary/aromatic N) is 2. The van der Waals surface area contributed by atoms with Gasteiger partial charge in [0.15, 0.2) is 0 Å². The zero-order chi connectivity index (χ0) is 15.7. The van der Waals surface area contributed by atoms with Crippen LogP contribution in [-0.2, 0) is 23.2 Å². The van der Waals surface area contributed by atoms with Gasteiger partial charge in [0.1, 0.15) is 5.54 Å².